The molecule has 1 amide bonds. The van der Waals surface area contributed by atoms with Crippen LogP contribution in [0.3, 0.4) is 0 Å². The number of Topliss-reactive ketones (excluding diaryl/α,β-unsaturated/α-hetero) is 1. The number of carbonyl (C=O) groups excluding carboxylic acids is 2. The van der Waals surface area contributed by atoms with Gasteiger partial charge in [0.1, 0.15) is 10.7 Å². The molecule has 0 aliphatic carbocycles. The summed E-state index contributed by atoms with van der Waals surface area (Å²) in [5.74, 6) is -0.135. The van der Waals surface area contributed by atoms with Crippen molar-refractivity contribution in [1.82, 2.24) is 0 Å². The van der Waals surface area contributed by atoms with Crippen LogP contribution in [0.15, 0.2) is 53.4 Å². The summed E-state index contributed by atoms with van der Waals surface area (Å²) < 4.78 is 28.5. The number of para-hydroxylation sites is 3. The van der Waals surface area contributed by atoms with E-state index in [1.54, 1.807) is 24.3 Å². The molecule has 142 valence electrons. The largest absolute Gasteiger partial charge is 0.369 e. The predicted molar refractivity (Wildman–Crippen MR) is 104 cm³/mol. The second-order valence-corrected chi connectivity index (χ2v) is 7.98. The first-order valence-corrected chi connectivity index (χ1v) is 10.1. The van der Waals surface area contributed by atoms with Crippen molar-refractivity contribution in [1.29, 1.82) is 0 Å². The molecule has 2 aromatic carbocycles. The van der Waals surface area contributed by atoms with Gasteiger partial charge in [0, 0.05) is 32.9 Å². The van der Waals surface area contributed by atoms with Crippen molar-refractivity contribution in [2.24, 2.45) is 0 Å². The zero-order valence-corrected chi connectivity index (χ0v) is 15.8. The van der Waals surface area contributed by atoms with Crippen LogP contribution in [0.4, 0.5) is 17.1 Å². The van der Waals surface area contributed by atoms with E-state index in [2.05, 4.69) is 10.0 Å². The lowest BCUT2D eigenvalue weighted by atomic mass is 10.1. The Bertz CT molecular complexity index is 962. The SMILES string of the molecule is CC(=O)Nc1ccccc1S(=O)(=O)Nc1ccccc1N1CCC(=O)CC1. The smallest absolute Gasteiger partial charge is 0.264 e. The molecule has 0 saturated carbocycles. The van der Waals surface area contributed by atoms with E-state index in [9.17, 15) is 18.0 Å². The summed E-state index contributed by atoms with van der Waals surface area (Å²) in [7, 11) is -3.92. The van der Waals surface area contributed by atoms with Crippen LogP contribution in [0.2, 0.25) is 0 Å². The number of rotatable bonds is 5. The number of ketones is 1. The summed E-state index contributed by atoms with van der Waals surface area (Å²) in [6.07, 6.45) is 0.902. The summed E-state index contributed by atoms with van der Waals surface area (Å²) in [5, 5.41) is 2.54. The number of benzene rings is 2. The third-order valence-corrected chi connectivity index (χ3v) is 5.72. The van der Waals surface area contributed by atoms with Gasteiger partial charge in [-0.15, -0.1) is 0 Å². The number of hydrogen-bond donors (Lipinski definition) is 2. The van der Waals surface area contributed by atoms with E-state index in [0.29, 0.717) is 31.6 Å². The van der Waals surface area contributed by atoms with Crippen LogP contribution >= 0.6 is 0 Å². The van der Waals surface area contributed by atoms with Crippen molar-refractivity contribution in [3.8, 4) is 0 Å². The zero-order chi connectivity index (χ0) is 19.4. The highest BCUT2D eigenvalue weighted by atomic mass is 32.2. The Hall–Kier alpha value is -2.87. The van der Waals surface area contributed by atoms with Gasteiger partial charge in [-0.1, -0.05) is 24.3 Å². The maximum Gasteiger partial charge on any atom is 0.264 e. The number of amides is 1. The highest BCUT2D eigenvalue weighted by Gasteiger charge is 2.23. The topological polar surface area (TPSA) is 95.6 Å². The maximum atomic E-state index is 13.0. The van der Waals surface area contributed by atoms with E-state index < -0.39 is 10.0 Å². The van der Waals surface area contributed by atoms with E-state index in [4.69, 9.17) is 0 Å². The molecular weight excluding hydrogens is 366 g/mol. The summed E-state index contributed by atoms with van der Waals surface area (Å²) in [6, 6.07) is 13.3. The number of hydrogen-bond acceptors (Lipinski definition) is 5. The van der Waals surface area contributed by atoms with Crippen molar-refractivity contribution in [3.05, 3.63) is 48.5 Å². The Morgan fingerprint density at radius 1 is 0.963 bits per heavy atom. The molecule has 0 aromatic heterocycles. The fourth-order valence-corrected chi connectivity index (χ4v) is 4.26. The number of nitrogens with one attached hydrogen (secondary N) is 2. The molecule has 3 rings (SSSR count). The molecule has 0 bridgehead atoms. The third kappa shape index (κ3) is 4.46. The summed E-state index contributed by atoms with van der Waals surface area (Å²) in [4.78, 5) is 24.9. The Labute approximate surface area is 158 Å². The molecule has 1 heterocycles. The highest BCUT2D eigenvalue weighted by molar-refractivity contribution is 7.93. The average molecular weight is 387 g/mol. The standard InChI is InChI=1S/C19H21N3O4S/c1-14(23)20-17-7-3-5-9-19(17)27(25,26)21-16-6-2-4-8-18(16)22-12-10-15(24)11-13-22/h2-9,21H,10-13H2,1H3,(H,20,23). The second-order valence-electron chi connectivity index (χ2n) is 6.33. The van der Waals surface area contributed by atoms with Gasteiger partial charge in [-0.3, -0.25) is 14.3 Å². The molecule has 0 radical (unpaired) electrons. The van der Waals surface area contributed by atoms with E-state index in [1.165, 1.54) is 19.1 Å². The Morgan fingerprint density at radius 3 is 2.22 bits per heavy atom. The molecule has 2 aromatic rings. The van der Waals surface area contributed by atoms with Crippen LogP contribution < -0.4 is 14.9 Å². The Morgan fingerprint density at radius 2 is 1.56 bits per heavy atom. The van der Waals surface area contributed by atoms with E-state index in [0.717, 1.165) is 5.69 Å². The zero-order valence-electron chi connectivity index (χ0n) is 14.9. The second kappa shape index (κ2) is 7.79. The van der Waals surface area contributed by atoms with E-state index in [-0.39, 0.29) is 22.3 Å². The van der Waals surface area contributed by atoms with Gasteiger partial charge in [-0.2, -0.15) is 0 Å². The molecule has 0 unspecified atom stereocenters. The minimum Gasteiger partial charge on any atom is -0.369 e. The van der Waals surface area contributed by atoms with Gasteiger partial charge >= 0.3 is 0 Å². The minimum absolute atomic E-state index is 0.0103. The average Bonchev–Trinajstić information content (AvgIpc) is 2.62. The van der Waals surface area contributed by atoms with E-state index in [1.807, 2.05) is 17.0 Å². The molecule has 7 nitrogen and oxygen atoms in total. The molecule has 1 saturated heterocycles. The molecule has 1 aliphatic heterocycles. The van der Waals surface area contributed by atoms with Gasteiger partial charge in [-0.25, -0.2) is 8.42 Å². The normalized spacial score (nSPS) is 14.7. The molecule has 0 atom stereocenters. The van der Waals surface area contributed by atoms with Crippen molar-refractivity contribution in [2.45, 2.75) is 24.7 Å². The lowest BCUT2D eigenvalue weighted by Crippen LogP contribution is -2.34. The summed E-state index contributed by atoms with van der Waals surface area (Å²) >= 11 is 0. The Balaban J connectivity index is 1.92. The number of anilines is 3. The number of piperidine rings is 1. The van der Waals surface area contributed by atoms with Gasteiger partial charge in [0.2, 0.25) is 5.91 Å². The van der Waals surface area contributed by atoms with Crippen LogP contribution in [-0.2, 0) is 19.6 Å². The van der Waals surface area contributed by atoms with Crippen molar-refractivity contribution in [2.75, 3.05) is 28.0 Å². The molecule has 0 spiro atoms. The highest BCUT2D eigenvalue weighted by Crippen LogP contribution is 2.31. The van der Waals surface area contributed by atoms with Crippen molar-refractivity contribution >= 4 is 38.8 Å². The first-order valence-electron chi connectivity index (χ1n) is 8.62. The lowest BCUT2D eigenvalue weighted by molar-refractivity contribution is -0.119. The molecular formula is C19H21N3O4S. The summed E-state index contributed by atoms with van der Waals surface area (Å²) in [5.41, 5.74) is 1.38. The van der Waals surface area contributed by atoms with Gasteiger partial charge in [0.15, 0.2) is 0 Å². The monoisotopic (exact) mass is 387 g/mol. The lowest BCUT2D eigenvalue weighted by Gasteiger charge is -2.30. The molecule has 1 fully saturated rings. The van der Waals surface area contributed by atoms with Crippen LogP contribution in [0.1, 0.15) is 19.8 Å². The van der Waals surface area contributed by atoms with Crippen LogP contribution in [0.5, 0.6) is 0 Å². The summed E-state index contributed by atoms with van der Waals surface area (Å²) in [6.45, 7) is 2.43. The number of nitrogens with zero attached hydrogens (tertiary/aromatic N) is 1. The predicted octanol–water partition coefficient (Wildman–Crippen LogP) is 2.62. The van der Waals surface area contributed by atoms with Crippen molar-refractivity contribution < 1.29 is 18.0 Å². The van der Waals surface area contributed by atoms with Gasteiger partial charge < -0.3 is 10.2 Å². The van der Waals surface area contributed by atoms with Gasteiger partial charge in [0.05, 0.1) is 17.1 Å². The molecule has 1 aliphatic rings. The van der Waals surface area contributed by atoms with Crippen LogP contribution in [0.25, 0.3) is 0 Å². The van der Waals surface area contributed by atoms with E-state index >= 15 is 0 Å². The van der Waals surface area contributed by atoms with Crippen LogP contribution in [-0.4, -0.2) is 33.2 Å². The van der Waals surface area contributed by atoms with Crippen LogP contribution in [0, 0.1) is 0 Å². The van der Waals surface area contributed by atoms with Gasteiger partial charge in [-0.05, 0) is 24.3 Å². The molecule has 27 heavy (non-hydrogen) atoms. The molecule has 8 heteroatoms. The minimum atomic E-state index is -3.92. The third-order valence-electron chi connectivity index (χ3n) is 4.30. The maximum absolute atomic E-state index is 13.0. The number of sulfonamides is 1. The number of carbonyl (C=O) groups is 2. The quantitative estimate of drug-likeness (QED) is 0.822. The van der Waals surface area contributed by atoms with Gasteiger partial charge in [0.25, 0.3) is 10.0 Å². The first kappa shape index (κ1) is 18.9. The Kier molecular flexibility index (Phi) is 5.46. The molecule has 2 N–H and O–H groups in total. The van der Waals surface area contributed by atoms with Crippen molar-refractivity contribution in [3.63, 3.8) is 0 Å². The fourth-order valence-electron chi connectivity index (χ4n) is 3.03. The fraction of sp³-hybridized carbons (Fsp3) is 0.263. The first-order chi connectivity index (χ1) is 12.9.